The molecule has 1 atom stereocenters. The van der Waals surface area contributed by atoms with E-state index in [0.29, 0.717) is 5.92 Å². The molecule has 0 fully saturated rings. The topological polar surface area (TPSA) is 9.23 Å². The Balaban J connectivity index is 1.31. The molecule has 0 amide bonds. The molecule has 0 aliphatic rings. The van der Waals surface area contributed by atoms with Crippen molar-refractivity contribution in [3.05, 3.63) is 77.2 Å². The second kappa shape index (κ2) is 11.5. The van der Waals surface area contributed by atoms with Crippen molar-refractivity contribution < 1.29 is 4.74 Å². The van der Waals surface area contributed by atoms with E-state index in [1.54, 1.807) is 0 Å². The third-order valence-electron chi connectivity index (χ3n) is 6.37. The molecule has 5 heteroatoms. The molecule has 0 aliphatic carbocycles. The molecule has 4 heterocycles. The number of benzene rings is 1. The minimum absolute atomic E-state index is 0.581. The van der Waals surface area contributed by atoms with E-state index in [9.17, 15) is 0 Å². The quantitative estimate of drug-likeness (QED) is 0.169. The lowest BCUT2D eigenvalue weighted by molar-refractivity contribution is 0.256. The van der Waals surface area contributed by atoms with Gasteiger partial charge in [-0.25, -0.2) is 0 Å². The molecule has 5 aromatic rings. The Morgan fingerprint density at radius 3 is 1.97 bits per heavy atom. The predicted octanol–water partition coefficient (Wildman–Crippen LogP) is 11.3. The summed E-state index contributed by atoms with van der Waals surface area (Å²) in [6.45, 7) is 9.68. The maximum Gasteiger partial charge on any atom is 0.119 e. The average Bonchev–Trinajstić information content (AvgIpc) is 3.69. The molecule has 0 radical (unpaired) electrons. The zero-order chi connectivity index (χ0) is 25.1. The minimum atomic E-state index is 0.581. The van der Waals surface area contributed by atoms with Gasteiger partial charge >= 0.3 is 0 Å². The van der Waals surface area contributed by atoms with Crippen molar-refractivity contribution in [1.82, 2.24) is 0 Å². The van der Waals surface area contributed by atoms with Gasteiger partial charge in [0.2, 0.25) is 0 Å². The molecule has 5 rings (SSSR count). The standard InChI is InChI=1S/C31H32OS4/c1-5-7-24-12-13-25(33-24)26-14-15-27(34-26)28-16-17-29(35-28)31-21(4)18-30(36-31)22-8-10-23(11-9-22)32-19-20(3)6-2/h8-18,20H,5-7,19H2,1-4H3/t20-/m1/s1. The van der Waals surface area contributed by atoms with Gasteiger partial charge in [-0.2, -0.15) is 0 Å². The summed E-state index contributed by atoms with van der Waals surface area (Å²) in [7, 11) is 0. The lowest BCUT2D eigenvalue weighted by atomic mass is 10.1. The maximum absolute atomic E-state index is 5.94. The van der Waals surface area contributed by atoms with Gasteiger partial charge in [0.15, 0.2) is 0 Å². The molecule has 0 unspecified atom stereocenters. The molecule has 36 heavy (non-hydrogen) atoms. The van der Waals surface area contributed by atoms with Crippen LogP contribution in [0.15, 0.2) is 66.7 Å². The van der Waals surface area contributed by atoms with Crippen LogP contribution in [-0.2, 0) is 6.42 Å². The Hall–Kier alpha value is -2.18. The van der Waals surface area contributed by atoms with Crippen molar-refractivity contribution in [2.75, 3.05) is 6.61 Å². The van der Waals surface area contributed by atoms with Crippen molar-refractivity contribution in [3.63, 3.8) is 0 Å². The molecule has 1 nitrogen and oxygen atoms in total. The number of aryl methyl sites for hydroxylation is 2. The van der Waals surface area contributed by atoms with Crippen molar-refractivity contribution in [2.24, 2.45) is 5.92 Å². The molecule has 0 saturated carbocycles. The van der Waals surface area contributed by atoms with Crippen LogP contribution in [0.3, 0.4) is 0 Å². The average molecular weight is 549 g/mol. The highest BCUT2D eigenvalue weighted by molar-refractivity contribution is 7.29. The second-order valence-electron chi connectivity index (χ2n) is 9.32. The predicted molar refractivity (Wildman–Crippen MR) is 163 cm³/mol. The molecule has 0 aliphatic heterocycles. The Morgan fingerprint density at radius 1 is 0.694 bits per heavy atom. The number of thiophene rings is 4. The number of hydrogen-bond acceptors (Lipinski definition) is 5. The van der Waals surface area contributed by atoms with Crippen LogP contribution in [0, 0.1) is 12.8 Å². The lowest BCUT2D eigenvalue weighted by Crippen LogP contribution is -2.06. The normalized spacial score (nSPS) is 12.2. The van der Waals surface area contributed by atoms with Crippen LogP contribution >= 0.6 is 45.3 Å². The SMILES string of the molecule is CCCc1ccc(-c2ccc(-c3ccc(-c4sc(-c5ccc(OC[C@H](C)CC)cc5)cc4C)s3)s2)s1. The molecule has 0 bridgehead atoms. The van der Waals surface area contributed by atoms with E-state index >= 15 is 0 Å². The lowest BCUT2D eigenvalue weighted by Gasteiger charge is -2.11. The van der Waals surface area contributed by atoms with E-state index in [-0.39, 0.29) is 0 Å². The fourth-order valence-corrected chi connectivity index (χ4v) is 8.68. The van der Waals surface area contributed by atoms with E-state index in [2.05, 4.69) is 94.4 Å². The van der Waals surface area contributed by atoms with E-state index in [0.717, 1.165) is 18.8 Å². The van der Waals surface area contributed by atoms with Crippen molar-refractivity contribution in [2.45, 2.75) is 47.0 Å². The van der Waals surface area contributed by atoms with E-state index in [1.807, 2.05) is 45.3 Å². The first-order valence-electron chi connectivity index (χ1n) is 12.7. The maximum atomic E-state index is 5.94. The third kappa shape index (κ3) is 5.70. The van der Waals surface area contributed by atoms with Gasteiger partial charge in [-0.15, -0.1) is 45.3 Å². The molecule has 4 aromatic heterocycles. The summed E-state index contributed by atoms with van der Waals surface area (Å²) in [5.41, 5.74) is 2.60. The number of rotatable bonds is 10. The van der Waals surface area contributed by atoms with Crippen LogP contribution in [-0.4, -0.2) is 6.61 Å². The summed E-state index contributed by atoms with van der Waals surface area (Å²) in [5.74, 6) is 1.54. The molecule has 186 valence electrons. The summed E-state index contributed by atoms with van der Waals surface area (Å²) in [6, 6.07) is 24.6. The van der Waals surface area contributed by atoms with Crippen molar-refractivity contribution in [3.8, 4) is 45.5 Å². The summed E-state index contributed by atoms with van der Waals surface area (Å²) in [4.78, 5) is 11.0. The van der Waals surface area contributed by atoms with Crippen LogP contribution in [0.4, 0.5) is 0 Å². The first-order valence-corrected chi connectivity index (χ1v) is 15.9. The van der Waals surface area contributed by atoms with E-state index in [1.165, 1.54) is 63.0 Å². The fraction of sp³-hybridized carbons (Fsp3) is 0.290. The van der Waals surface area contributed by atoms with Gasteiger partial charge in [0.05, 0.1) is 6.61 Å². The van der Waals surface area contributed by atoms with E-state index in [4.69, 9.17) is 4.74 Å². The summed E-state index contributed by atoms with van der Waals surface area (Å²) in [6.07, 6.45) is 3.52. The highest BCUT2D eigenvalue weighted by Crippen LogP contribution is 2.45. The van der Waals surface area contributed by atoms with Crippen LogP contribution in [0.25, 0.3) is 39.7 Å². The summed E-state index contributed by atoms with van der Waals surface area (Å²) in [5, 5.41) is 0. The van der Waals surface area contributed by atoms with Gasteiger partial charge in [-0.05, 0) is 97.1 Å². The van der Waals surface area contributed by atoms with Crippen LogP contribution < -0.4 is 4.74 Å². The Bertz CT molecular complexity index is 1410. The highest BCUT2D eigenvalue weighted by Gasteiger charge is 2.14. The molecular formula is C31H32OS4. The number of ether oxygens (including phenoxy) is 1. The number of hydrogen-bond donors (Lipinski definition) is 0. The first-order chi connectivity index (χ1) is 17.5. The van der Waals surface area contributed by atoms with Crippen LogP contribution in [0.2, 0.25) is 0 Å². The summed E-state index contributed by atoms with van der Waals surface area (Å²) >= 11 is 7.63. The monoisotopic (exact) mass is 548 g/mol. The molecule has 0 spiro atoms. The summed E-state index contributed by atoms with van der Waals surface area (Å²) < 4.78 is 5.94. The first kappa shape index (κ1) is 25.5. The van der Waals surface area contributed by atoms with Crippen molar-refractivity contribution >= 4 is 45.3 Å². The molecule has 0 N–H and O–H groups in total. The molecular weight excluding hydrogens is 517 g/mol. The highest BCUT2D eigenvalue weighted by atomic mass is 32.1. The van der Waals surface area contributed by atoms with Crippen LogP contribution in [0.5, 0.6) is 5.75 Å². The Labute approximate surface area is 231 Å². The largest absolute Gasteiger partial charge is 0.493 e. The second-order valence-corrected chi connectivity index (χ2v) is 13.7. The zero-order valence-electron chi connectivity index (χ0n) is 21.3. The van der Waals surface area contributed by atoms with Crippen LogP contribution in [0.1, 0.15) is 44.1 Å². The van der Waals surface area contributed by atoms with Crippen molar-refractivity contribution in [1.29, 1.82) is 0 Å². The van der Waals surface area contributed by atoms with Gasteiger partial charge in [-0.1, -0.05) is 33.6 Å². The Kier molecular flexibility index (Phi) is 8.12. The van der Waals surface area contributed by atoms with E-state index < -0.39 is 0 Å². The molecule has 0 saturated heterocycles. The van der Waals surface area contributed by atoms with Gasteiger partial charge in [0, 0.05) is 39.0 Å². The van der Waals surface area contributed by atoms with Gasteiger partial charge < -0.3 is 4.74 Å². The Morgan fingerprint density at radius 2 is 1.31 bits per heavy atom. The third-order valence-corrected chi connectivity index (χ3v) is 11.5. The van der Waals surface area contributed by atoms with Gasteiger partial charge in [0.25, 0.3) is 0 Å². The zero-order valence-corrected chi connectivity index (χ0v) is 24.6. The minimum Gasteiger partial charge on any atom is -0.493 e. The van der Waals surface area contributed by atoms with Gasteiger partial charge in [0.1, 0.15) is 5.75 Å². The fourth-order valence-electron chi connectivity index (χ4n) is 4.03. The smallest absolute Gasteiger partial charge is 0.119 e. The van der Waals surface area contributed by atoms with Gasteiger partial charge in [-0.3, -0.25) is 0 Å². The molecule has 1 aromatic carbocycles.